The van der Waals surface area contributed by atoms with Gasteiger partial charge in [0.15, 0.2) is 5.78 Å². The summed E-state index contributed by atoms with van der Waals surface area (Å²) >= 11 is 11.3. The molecule has 0 spiro atoms. The number of carbonyl (C=O) groups is 2. The number of benzene rings is 1. The van der Waals surface area contributed by atoms with Gasteiger partial charge in [0.1, 0.15) is 0 Å². The molecule has 0 aliphatic carbocycles. The molecule has 0 radical (unpaired) electrons. The van der Waals surface area contributed by atoms with Crippen LogP contribution in [0.1, 0.15) is 10.4 Å². The maximum absolute atomic E-state index is 12.3. The van der Waals surface area contributed by atoms with Crippen molar-refractivity contribution >= 4 is 34.9 Å². The van der Waals surface area contributed by atoms with Crippen LogP contribution in [-0.2, 0) is 4.79 Å². The lowest BCUT2D eigenvalue weighted by Gasteiger charge is -2.34. The Hall–Kier alpha value is -1.10. The Balaban J connectivity index is 1.88. The van der Waals surface area contributed by atoms with Gasteiger partial charge in [0.25, 0.3) is 5.91 Å². The SMILES string of the molecule is O=C(CCl)CN1CCN(C(=O)c2ccc(Cl)cc2)CC1. The molecule has 108 valence electrons. The van der Waals surface area contributed by atoms with E-state index in [-0.39, 0.29) is 17.6 Å². The van der Waals surface area contributed by atoms with Gasteiger partial charge in [0, 0.05) is 36.8 Å². The van der Waals surface area contributed by atoms with Gasteiger partial charge in [-0.25, -0.2) is 0 Å². The van der Waals surface area contributed by atoms with Crippen molar-refractivity contribution in [3.05, 3.63) is 34.9 Å². The standard InChI is InChI=1S/C14H16Cl2N2O2/c15-9-13(19)10-17-5-7-18(8-6-17)14(20)11-1-3-12(16)4-2-11/h1-4H,5-10H2. The van der Waals surface area contributed by atoms with E-state index >= 15 is 0 Å². The summed E-state index contributed by atoms with van der Waals surface area (Å²) < 4.78 is 0. The third-order valence-electron chi connectivity index (χ3n) is 3.30. The molecule has 20 heavy (non-hydrogen) atoms. The molecule has 4 nitrogen and oxygen atoms in total. The molecule has 0 atom stereocenters. The molecule has 0 aromatic heterocycles. The lowest BCUT2D eigenvalue weighted by atomic mass is 10.2. The first-order chi connectivity index (χ1) is 9.60. The Bertz CT molecular complexity index is 482. The third kappa shape index (κ3) is 3.95. The number of carbonyl (C=O) groups excluding carboxylic acids is 2. The van der Waals surface area contributed by atoms with Crippen molar-refractivity contribution in [2.24, 2.45) is 0 Å². The van der Waals surface area contributed by atoms with E-state index in [1.54, 1.807) is 29.2 Å². The molecule has 1 aromatic rings. The smallest absolute Gasteiger partial charge is 0.253 e. The molecule has 1 aromatic carbocycles. The van der Waals surface area contributed by atoms with Gasteiger partial charge in [-0.2, -0.15) is 0 Å². The molecular weight excluding hydrogens is 299 g/mol. The van der Waals surface area contributed by atoms with Crippen LogP contribution in [0.2, 0.25) is 5.02 Å². The highest BCUT2D eigenvalue weighted by atomic mass is 35.5. The fourth-order valence-corrected chi connectivity index (χ4v) is 2.39. The van der Waals surface area contributed by atoms with Crippen molar-refractivity contribution in [3.63, 3.8) is 0 Å². The second kappa shape index (κ2) is 7.07. The maximum atomic E-state index is 12.3. The summed E-state index contributed by atoms with van der Waals surface area (Å²) in [5, 5.41) is 0.617. The van der Waals surface area contributed by atoms with Crippen molar-refractivity contribution < 1.29 is 9.59 Å². The first kappa shape index (κ1) is 15.3. The number of halogens is 2. The van der Waals surface area contributed by atoms with Crippen molar-refractivity contribution in [2.75, 3.05) is 38.6 Å². The zero-order valence-electron chi connectivity index (χ0n) is 11.0. The minimum absolute atomic E-state index is 0.00462. The number of ketones is 1. The lowest BCUT2D eigenvalue weighted by Crippen LogP contribution is -2.50. The number of hydrogen-bond donors (Lipinski definition) is 0. The lowest BCUT2D eigenvalue weighted by molar-refractivity contribution is -0.118. The summed E-state index contributed by atoms with van der Waals surface area (Å²) in [6.07, 6.45) is 0. The van der Waals surface area contributed by atoms with Crippen LogP contribution in [0.4, 0.5) is 0 Å². The fourth-order valence-electron chi connectivity index (χ4n) is 2.18. The average Bonchev–Trinajstić information content (AvgIpc) is 2.48. The second-order valence-electron chi connectivity index (χ2n) is 4.75. The Morgan fingerprint density at radius 1 is 1.05 bits per heavy atom. The third-order valence-corrected chi connectivity index (χ3v) is 3.85. The summed E-state index contributed by atoms with van der Waals surface area (Å²) in [5.74, 6) is 0.0679. The Morgan fingerprint density at radius 3 is 2.20 bits per heavy atom. The summed E-state index contributed by atoms with van der Waals surface area (Å²) in [6.45, 7) is 3.00. The second-order valence-corrected chi connectivity index (χ2v) is 5.45. The summed E-state index contributed by atoms with van der Waals surface area (Å²) in [6, 6.07) is 6.89. The molecule has 0 saturated carbocycles. The average molecular weight is 315 g/mol. The van der Waals surface area contributed by atoms with Crippen LogP contribution in [0, 0.1) is 0 Å². The molecule has 0 N–H and O–H groups in total. The number of rotatable bonds is 4. The monoisotopic (exact) mass is 314 g/mol. The largest absolute Gasteiger partial charge is 0.336 e. The van der Waals surface area contributed by atoms with Crippen LogP contribution >= 0.6 is 23.2 Å². The van der Waals surface area contributed by atoms with E-state index in [1.807, 2.05) is 4.90 Å². The van der Waals surface area contributed by atoms with Crippen molar-refractivity contribution in [3.8, 4) is 0 Å². The van der Waals surface area contributed by atoms with Gasteiger partial charge in [-0.3, -0.25) is 14.5 Å². The Kier molecular flexibility index (Phi) is 5.40. The molecule has 1 aliphatic rings. The van der Waals surface area contributed by atoms with Crippen LogP contribution in [0.25, 0.3) is 0 Å². The minimum Gasteiger partial charge on any atom is -0.336 e. The van der Waals surface area contributed by atoms with E-state index < -0.39 is 0 Å². The highest BCUT2D eigenvalue weighted by Gasteiger charge is 2.22. The van der Waals surface area contributed by atoms with E-state index in [0.717, 1.165) is 0 Å². The number of alkyl halides is 1. The Labute approximate surface area is 128 Å². The van der Waals surface area contributed by atoms with E-state index in [0.29, 0.717) is 43.3 Å². The zero-order valence-corrected chi connectivity index (χ0v) is 12.5. The van der Waals surface area contributed by atoms with Crippen LogP contribution in [0.15, 0.2) is 24.3 Å². The number of Topliss-reactive ketones (excluding diaryl/α,β-unsaturated/α-hetero) is 1. The minimum atomic E-state index is 0.00462. The Morgan fingerprint density at radius 2 is 1.65 bits per heavy atom. The van der Waals surface area contributed by atoms with E-state index in [1.165, 1.54) is 0 Å². The molecule has 1 fully saturated rings. The van der Waals surface area contributed by atoms with Gasteiger partial charge in [-0.1, -0.05) is 11.6 Å². The fraction of sp³-hybridized carbons (Fsp3) is 0.429. The van der Waals surface area contributed by atoms with Crippen molar-refractivity contribution in [2.45, 2.75) is 0 Å². The summed E-state index contributed by atoms with van der Waals surface area (Å²) in [7, 11) is 0. The first-order valence-electron chi connectivity index (χ1n) is 6.45. The van der Waals surface area contributed by atoms with Crippen LogP contribution < -0.4 is 0 Å². The van der Waals surface area contributed by atoms with E-state index in [4.69, 9.17) is 23.2 Å². The molecule has 6 heteroatoms. The number of amides is 1. The molecule has 1 amide bonds. The molecule has 0 bridgehead atoms. The van der Waals surface area contributed by atoms with Gasteiger partial charge in [0.05, 0.1) is 12.4 Å². The normalized spacial score (nSPS) is 16.2. The van der Waals surface area contributed by atoms with Gasteiger partial charge >= 0.3 is 0 Å². The summed E-state index contributed by atoms with van der Waals surface area (Å²) in [5.41, 5.74) is 0.639. The molecule has 2 rings (SSSR count). The quantitative estimate of drug-likeness (QED) is 0.797. The maximum Gasteiger partial charge on any atom is 0.253 e. The molecule has 0 unspecified atom stereocenters. The predicted octanol–water partition coefficient (Wildman–Crippen LogP) is 1.91. The first-order valence-corrected chi connectivity index (χ1v) is 7.36. The number of nitrogens with zero attached hydrogens (tertiary/aromatic N) is 2. The van der Waals surface area contributed by atoms with Gasteiger partial charge in [-0.05, 0) is 24.3 Å². The van der Waals surface area contributed by atoms with E-state index in [9.17, 15) is 9.59 Å². The number of piperazine rings is 1. The highest BCUT2D eigenvalue weighted by molar-refractivity contribution is 6.30. The van der Waals surface area contributed by atoms with Gasteiger partial charge in [0.2, 0.25) is 0 Å². The van der Waals surface area contributed by atoms with Crippen LogP contribution in [0.3, 0.4) is 0 Å². The molecule has 1 aliphatic heterocycles. The number of hydrogen-bond acceptors (Lipinski definition) is 3. The zero-order chi connectivity index (χ0) is 14.5. The summed E-state index contributed by atoms with van der Waals surface area (Å²) in [4.78, 5) is 27.4. The van der Waals surface area contributed by atoms with Crippen LogP contribution in [-0.4, -0.2) is 60.1 Å². The van der Waals surface area contributed by atoms with Gasteiger partial charge < -0.3 is 4.90 Å². The van der Waals surface area contributed by atoms with E-state index in [2.05, 4.69) is 0 Å². The van der Waals surface area contributed by atoms with Crippen molar-refractivity contribution in [1.82, 2.24) is 9.80 Å². The highest BCUT2D eigenvalue weighted by Crippen LogP contribution is 2.13. The van der Waals surface area contributed by atoms with Crippen LogP contribution in [0.5, 0.6) is 0 Å². The van der Waals surface area contributed by atoms with Crippen molar-refractivity contribution in [1.29, 1.82) is 0 Å². The van der Waals surface area contributed by atoms with Gasteiger partial charge in [-0.15, -0.1) is 11.6 Å². The molecule has 1 heterocycles. The molecular formula is C14H16Cl2N2O2. The predicted molar refractivity (Wildman–Crippen MR) is 79.5 cm³/mol. The topological polar surface area (TPSA) is 40.6 Å². The molecule has 1 saturated heterocycles.